The van der Waals surface area contributed by atoms with Crippen LogP contribution >= 0.6 is 0 Å². The molecule has 0 saturated heterocycles. The second kappa shape index (κ2) is 10.5. The third-order valence-corrected chi connectivity index (χ3v) is 3.77. The Morgan fingerprint density at radius 1 is 0.788 bits per heavy atom. The van der Waals surface area contributed by atoms with Crippen LogP contribution in [0.5, 0.6) is 0 Å². The Morgan fingerprint density at radius 2 is 1.45 bits per heavy atom. The van der Waals surface area contributed by atoms with Crippen molar-refractivity contribution in [1.29, 1.82) is 0 Å². The molecule has 3 aromatic rings. The van der Waals surface area contributed by atoms with Crippen molar-refractivity contribution in [3.63, 3.8) is 0 Å². The highest BCUT2D eigenvalue weighted by molar-refractivity contribution is 5.65. The SMILES string of the molecule is CC.CC(C)Nc1nc(Nc2ccnc(C(F)(F)F)c2)cc(-c2cccc(C(F)(F)F)n2)n1. The van der Waals surface area contributed by atoms with E-state index < -0.39 is 23.7 Å². The molecule has 0 aromatic carbocycles. The van der Waals surface area contributed by atoms with E-state index in [1.807, 2.05) is 13.8 Å². The molecule has 0 unspecified atom stereocenters. The molecular weight excluding hydrogens is 450 g/mol. The normalized spacial score (nSPS) is 11.6. The van der Waals surface area contributed by atoms with E-state index in [0.29, 0.717) is 0 Å². The molecule has 0 aliphatic carbocycles. The number of alkyl halides is 6. The van der Waals surface area contributed by atoms with Crippen LogP contribution in [0.1, 0.15) is 39.1 Å². The standard InChI is InChI=1S/C19H16F6N6.C2H6/c1-10(2)27-17-30-13(12-4-3-5-14(29-12)18(20,21)22)9-16(31-17)28-11-6-7-26-15(8-11)19(23,24)25;1-2/h3-10H,1-2H3,(H2,26,27,28,30,31);1-2H3. The Labute approximate surface area is 186 Å². The lowest BCUT2D eigenvalue weighted by molar-refractivity contribution is -0.141. The van der Waals surface area contributed by atoms with E-state index in [4.69, 9.17) is 0 Å². The van der Waals surface area contributed by atoms with Crippen molar-refractivity contribution < 1.29 is 26.3 Å². The van der Waals surface area contributed by atoms with E-state index in [2.05, 4.69) is 30.6 Å². The number of rotatable bonds is 5. The Morgan fingerprint density at radius 3 is 2.06 bits per heavy atom. The first-order valence-corrected chi connectivity index (χ1v) is 9.92. The van der Waals surface area contributed by atoms with Gasteiger partial charge in [-0.3, -0.25) is 4.98 Å². The van der Waals surface area contributed by atoms with E-state index >= 15 is 0 Å². The highest BCUT2D eigenvalue weighted by atomic mass is 19.4. The third kappa shape index (κ3) is 7.29. The number of nitrogens with one attached hydrogen (secondary N) is 2. The number of pyridine rings is 2. The summed E-state index contributed by atoms with van der Waals surface area (Å²) < 4.78 is 77.8. The van der Waals surface area contributed by atoms with Crippen LogP contribution in [-0.2, 0) is 12.4 Å². The van der Waals surface area contributed by atoms with Crippen LogP contribution in [0.25, 0.3) is 11.4 Å². The third-order valence-electron chi connectivity index (χ3n) is 3.77. The van der Waals surface area contributed by atoms with Gasteiger partial charge in [0.05, 0.1) is 11.4 Å². The fourth-order valence-electron chi connectivity index (χ4n) is 2.51. The van der Waals surface area contributed by atoms with Gasteiger partial charge in [0.2, 0.25) is 5.95 Å². The lowest BCUT2D eigenvalue weighted by atomic mass is 10.2. The maximum Gasteiger partial charge on any atom is 0.433 e. The Bertz CT molecular complexity index is 1070. The molecule has 0 radical (unpaired) electrons. The van der Waals surface area contributed by atoms with E-state index in [-0.39, 0.29) is 34.9 Å². The summed E-state index contributed by atoms with van der Waals surface area (Å²) in [7, 11) is 0. The van der Waals surface area contributed by atoms with Crippen molar-refractivity contribution in [2.45, 2.75) is 46.1 Å². The second-order valence-electron chi connectivity index (χ2n) is 6.72. The molecule has 0 aliphatic heterocycles. The van der Waals surface area contributed by atoms with E-state index in [1.54, 1.807) is 13.8 Å². The van der Waals surface area contributed by atoms with Gasteiger partial charge in [-0.15, -0.1) is 0 Å². The molecule has 6 nitrogen and oxygen atoms in total. The maximum atomic E-state index is 13.0. The van der Waals surface area contributed by atoms with Crippen LogP contribution in [0.3, 0.4) is 0 Å². The molecule has 0 spiro atoms. The molecule has 3 rings (SSSR count). The van der Waals surface area contributed by atoms with Gasteiger partial charge in [0.1, 0.15) is 17.2 Å². The number of anilines is 3. The summed E-state index contributed by atoms with van der Waals surface area (Å²) in [5.74, 6) is 0.131. The van der Waals surface area contributed by atoms with Gasteiger partial charge in [0.25, 0.3) is 0 Å². The van der Waals surface area contributed by atoms with Crippen molar-refractivity contribution in [2.24, 2.45) is 0 Å². The molecule has 178 valence electrons. The molecule has 12 heteroatoms. The van der Waals surface area contributed by atoms with Crippen LogP contribution in [0, 0.1) is 0 Å². The fraction of sp³-hybridized carbons (Fsp3) is 0.333. The highest BCUT2D eigenvalue weighted by Gasteiger charge is 2.33. The lowest BCUT2D eigenvalue weighted by Crippen LogP contribution is -2.14. The first kappa shape index (κ1) is 25.8. The quantitative estimate of drug-likeness (QED) is 0.410. The molecule has 2 N–H and O–H groups in total. The highest BCUT2D eigenvalue weighted by Crippen LogP contribution is 2.31. The summed E-state index contributed by atoms with van der Waals surface area (Å²) in [6.07, 6.45) is -8.30. The summed E-state index contributed by atoms with van der Waals surface area (Å²) in [6.45, 7) is 7.59. The Balaban J connectivity index is 0.00000187. The topological polar surface area (TPSA) is 75.6 Å². The summed E-state index contributed by atoms with van der Waals surface area (Å²) in [5.41, 5.74) is -2.18. The summed E-state index contributed by atoms with van der Waals surface area (Å²) in [6, 6.07) is 6.63. The van der Waals surface area contributed by atoms with Gasteiger partial charge < -0.3 is 10.6 Å². The number of hydrogen-bond acceptors (Lipinski definition) is 6. The smallest absolute Gasteiger partial charge is 0.352 e. The van der Waals surface area contributed by atoms with Crippen molar-refractivity contribution >= 4 is 17.5 Å². The van der Waals surface area contributed by atoms with Crippen LogP contribution in [0.15, 0.2) is 42.6 Å². The zero-order valence-corrected chi connectivity index (χ0v) is 18.2. The summed E-state index contributed by atoms with van der Waals surface area (Å²) in [4.78, 5) is 15.2. The summed E-state index contributed by atoms with van der Waals surface area (Å²) in [5, 5.41) is 5.62. The minimum absolute atomic E-state index is 0.0412. The van der Waals surface area contributed by atoms with Gasteiger partial charge in [-0.25, -0.2) is 9.97 Å². The first-order valence-electron chi connectivity index (χ1n) is 9.92. The van der Waals surface area contributed by atoms with Gasteiger partial charge in [-0.2, -0.15) is 31.3 Å². The lowest BCUT2D eigenvalue weighted by Gasteiger charge is -2.14. The molecular formula is C21H22F6N6. The zero-order valence-electron chi connectivity index (χ0n) is 18.2. The average Bonchev–Trinajstić information content (AvgIpc) is 2.74. The van der Waals surface area contributed by atoms with Crippen molar-refractivity contribution in [2.75, 3.05) is 10.6 Å². The Hall–Kier alpha value is -3.44. The van der Waals surface area contributed by atoms with Crippen LogP contribution < -0.4 is 10.6 Å². The molecule has 0 atom stereocenters. The van der Waals surface area contributed by atoms with E-state index in [1.165, 1.54) is 24.3 Å². The molecule has 0 aliphatic rings. The largest absolute Gasteiger partial charge is 0.433 e. The minimum Gasteiger partial charge on any atom is -0.352 e. The number of halogens is 6. The number of nitrogens with zero attached hydrogens (tertiary/aromatic N) is 4. The molecule has 3 aromatic heterocycles. The van der Waals surface area contributed by atoms with Gasteiger partial charge in [0, 0.05) is 24.0 Å². The summed E-state index contributed by atoms with van der Waals surface area (Å²) >= 11 is 0. The van der Waals surface area contributed by atoms with Crippen LogP contribution in [-0.4, -0.2) is 26.0 Å². The average molecular weight is 472 g/mol. The van der Waals surface area contributed by atoms with Gasteiger partial charge in [0.15, 0.2) is 0 Å². The number of hydrogen-bond donors (Lipinski definition) is 2. The van der Waals surface area contributed by atoms with Crippen molar-refractivity contribution in [3.05, 3.63) is 54.0 Å². The van der Waals surface area contributed by atoms with Crippen molar-refractivity contribution in [3.8, 4) is 11.4 Å². The molecule has 0 bridgehead atoms. The second-order valence-corrected chi connectivity index (χ2v) is 6.72. The van der Waals surface area contributed by atoms with E-state index in [0.717, 1.165) is 18.3 Å². The first-order chi connectivity index (χ1) is 15.4. The maximum absolute atomic E-state index is 13.0. The molecule has 0 amide bonds. The monoisotopic (exact) mass is 472 g/mol. The van der Waals surface area contributed by atoms with Gasteiger partial charge >= 0.3 is 12.4 Å². The molecule has 33 heavy (non-hydrogen) atoms. The molecule has 3 heterocycles. The van der Waals surface area contributed by atoms with Gasteiger partial charge in [-0.1, -0.05) is 19.9 Å². The zero-order chi connectivity index (χ0) is 24.8. The molecule has 0 fully saturated rings. The predicted molar refractivity (Wildman–Crippen MR) is 113 cm³/mol. The minimum atomic E-state index is -4.64. The van der Waals surface area contributed by atoms with Crippen molar-refractivity contribution in [1.82, 2.24) is 19.9 Å². The Kier molecular flexibility index (Phi) is 8.18. The van der Waals surface area contributed by atoms with Crippen LogP contribution in [0.4, 0.5) is 43.8 Å². The fourth-order valence-corrected chi connectivity index (χ4v) is 2.51. The van der Waals surface area contributed by atoms with E-state index in [9.17, 15) is 26.3 Å². The predicted octanol–water partition coefficient (Wildman–Crippen LogP) is 6.56. The number of aromatic nitrogens is 4. The van der Waals surface area contributed by atoms with Gasteiger partial charge in [-0.05, 0) is 38.1 Å². The molecule has 0 saturated carbocycles. The van der Waals surface area contributed by atoms with Crippen LogP contribution in [0.2, 0.25) is 0 Å².